The van der Waals surface area contributed by atoms with Crippen molar-refractivity contribution in [2.45, 2.75) is 6.54 Å². The highest BCUT2D eigenvalue weighted by atomic mass is 19.1. The summed E-state index contributed by atoms with van der Waals surface area (Å²) in [6.07, 6.45) is 5.03. The van der Waals surface area contributed by atoms with E-state index in [9.17, 15) is 9.18 Å². The Morgan fingerprint density at radius 1 is 1.00 bits per heavy atom. The van der Waals surface area contributed by atoms with Gasteiger partial charge in [0.15, 0.2) is 0 Å². The number of carbonyl (C=O) groups is 1. The summed E-state index contributed by atoms with van der Waals surface area (Å²) in [5.74, 6) is -0.500. The Kier molecular flexibility index (Phi) is 6.03. The van der Waals surface area contributed by atoms with Crippen molar-refractivity contribution < 1.29 is 9.18 Å². The molecule has 0 N–H and O–H groups in total. The molecule has 0 unspecified atom stereocenters. The molecule has 0 aliphatic heterocycles. The Hall–Kier alpha value is -3.99. The molecule has 0 saturated carbocycles. The first-order valence-electron chi connectivity index (χ1n) is 9.98. The molecule has 1 heterocycles. The topological polar surface area (TPSA) is 38.1 Å². The van der Waals surface area contributed by atoms with Gasteiger partial charge in [-0.3, -0.25) is 4.79 Å². The lowest BCUT2D eigenvalue weighted by Gasteiger charge is -2.15. The van der Waals surface area contributed by atoms with Crippen LogP contribution >= 0.6 is 0 Å². The summed E-state index contributed by atoms with van der Waals surface area (Å²) in [5, 5.41) is 4.79. The number of hydrogen-bond donors (Lipinski definition) is 0. The molecule has 3 aromatic carbocycles. The van der Waals surface area contributed by atoms with Crippen LogP contribution in [0.25, 0.3) is 23.0 Å². The van der Waals surface area contributed by atoms with E-state index in [1.165, 1.54) is 18.2 Å². The lowest BCUT2D eigenvalue weighted by Crippen LogP contribution is -2.24. The molecule has 0 aliphatic rings. The van der Waals surface area contributed by atoms with Crippen LogP contribution in [-0.2, 0) is 11.3 Å². The van der Waals surface area contributed by atoms with E-state index in [4.69, 9.17) is 5.10 Å². The highest BCUT2D eigenvalue weighted by Crippen LogP contribution is 2.24. The zero-order chi connectivity index (χ0) is 21.6. The Bertz CT molecular complexity index is 1200. The minimum atomic E-state index is -0.330. The molecule has 0 spiro atoms. The molecule has 4 nitrogen and oxygen atoms in total. The van der Waals surface area contributed by atoms with E-state index in [1.807, 2.05) is 71.5 Å². The van der Waals surface area contributed by atoms with Crippen LogP contribution < -0.4 is 0 Å². The van der Waals surface area contributed by atoms with Gasteiger partial charge in [-0.1, -0.05) is 60.7 Å². The number of para-hydroxylation sites is 1. The third kappa shape index (κ3) is 4.95. The van der Waals surface area contributed by atoms with E-state index in [-0.39, 0.29) is 11.7 Å². The minimum Gasteiger partial charge on any atom is -0.338 e. The number of nitrogens with zero attached hydrogens (tertiary/aromatic N) is 3. The van der Waals surface area contributed by atoms with Crippen molar-refractivity contribution in [2.24, 2.45) is 0 Å². The average molecular weight is 411 g/mol. The van der Waals surface area contributed by atoms with Crippen LogP contribution in [0, 0.1) is 5.82 Å². The minimum absolute atomic E-state index is 0.171. The first kappa shape index (κ1) is 20.3. The molecular formula is C26H22FN3O. The molecule has 31 heavy (non-hydrogen) atoms. The molecule has 0 atom stereocenters. The number of halogens is 1. The van der Waals surface area contributed by atoms with E-state index >= 15 is 0 Å². The van der Waals surface area contributed by atoms with Gasteiger partial charge in [0.2, 0.25) is 5.91 Å². The van der Waals surface area contributed by atoms with Crippen molar-refractivity contribution in [3.8, 4) is 16.9 Å². The first-order valence-corrected chi connectivity index (χ1v) is 9.98. The molecule has 0 bridgehead atoms. The fourth-order valence-corrected chi connectivity index (χ4v) is 3.32. The Morgan fingerprint density at radius 2 is 1.71 bits per heavy atom. The van der Waals surface area contributed by atoms with Gasteiger partial charge in [0.25, 0.3) is 0 Å². The maximum Gasteiger partial charge on any atom is 0.246 e. The number of benzene rings is 3. The predicted molar refractivity (Wildman–Crippen MR) is 121 cm³/mol. The molecular weight excluding hydrogens is 389 g/mol. The highest BCUT2D eigenvalue weighted by molar-refractivity contribution is 5.91. The van der Waals surface area contributed by atoms with Crippen molar-refractivity contribution >= 4 is 12.0 Å². The second-order valence-corrected chi connectivity index (χ2v) is 7.23. The van der Waals surface area contributed by atoms with Gasteiger partial charge in [0.1, 0.15) is 5.82 Å². The van der Waals surface area contributed by atoms with E-state index in [2.05, 4.69) is 0 Å². The van der Waals surface area contributed by atoms with Gasteiger partial charge in [0, 0.05) is 37.0 Å². The number of aromatic nitrogens is 2. The zero-order valence-electron chi connectivity index (χ0n) is 17.1. The molecule has 1 amide bonds. The first-order chi connectivity index (χ1) is 15.1. The van der Waals surface area contributed by atoms with Crippen LogP contribution in [0.2, 0.25) is 0 Å². The quantitative estimate of drug-likeness (QED) is 0.401. The molecule has 4 aromatic rings. The molecule has 1 aromatic heterocycles. The third-order valence-electron chi connectivity index (χ3n) is 4.91. The Morgan fingerprint density at radius 3 is 2.42 bits per heavy atom. The summed E-state index contributed by atoms with van der Waals surface area (Å²) in [6.45, 7) is 0.392. The maximum atomic E-state index is 13.3. The molecule has 0 fully saturated rings. The van der Waals surface area contributed by atoms with Gasteiger partial charge in [-0.15, -0.1) is 0 Å². The molecule has 0 aliphatic carbocycles. The standard InChI is InChI=1S/C26H22FN3O/c1-29(25(31)16-15-20-9-8-12-23(27)17-20)18-22-19-30(24-13-6-3-7-14-24)28-26(22)21-10-4-2-5-11-21/h2-17,19H,18H2,1H3/b16-15+. The maximum absolute atomic E-state index is 13.3. The number of rotatable bonds is 6. The van der Waals surface area contributed by atoms with Gasteiger partial charge in [-0.05, 0) is 35.9 Å². The lowest BCUT2D eigenvalue weighted by molar-refractivity contribution is -0.125. The molecule has 4 rings (SSSR count). The molecule has 154 valence electrons. The summed E-state index contributed by atoms with van der Waals surface area (Å²) < 4.78 is 15.2. The number of carbonyl (C=O) groups excluding carboxylic acids is 1. The van der Waals surface area contributed by atoms with E-state index in [0.29, 0.717) is 12.1 Å². The fraction of sp³-hybridized carbons (Fsp3) is 0.0769. The van der Waals surface area contributed by atoms with Crippen molar-refractivity contribution in [1.82, 2.24) is 14.7 Å². The van der Waals surface area contributed by atoms with Crippen molar-refractivity contribution in [2.75, 3.05) is 7.05 Å². The van der Waals surface area contributed by atoms with Gasteiger partial charge < -0.3 is 4.90 Å². The van der Waals surface area contributed by atoms with E-state index in [0.717, 1.165) is 22.5 Å². The Labute approximate surface area is 180 Å². The van der Waals surface area contributed by atoms with Crippen LogP contribution in [-0.4, -0.2) is 27.6 Å². The van der Waals surface area contributed by atoms with Crippen LogP contribution in [0.3, 0.4) is 0 Å². The molecule has 5 heteroatoms. The fourth-order valence-electron chi connectivity index (χ4n) is 3.32. The SMILES string of the molecule is CN(Cc1cn(-c2ccccc2)nc1-c1ccccc1)C(=O)/C=C/c1cccc(F)c1. The number of hydrogen-bond acceptors (Lipinski definition) is 2. The number of amides is 1. The normalized spacial score (nSPS) is 11.0. The zero-order valence-corrected chi connectivity index (χ0v) is 17.1. The van der Waals surface area contributed by atoms with Gasteiger partial charge in [0.05, 0.1) is 11.4 Å². The summed E-state index contributed by atoms with van der Waals surface area (Å²) in [7, 11) is 1.74. The molecule has 0 radical (unpaired) electrons. The largest absolute Gasteiger partial charge is 0.338 e. The summed E-state index contributed by atoms with van der Waals surface area (Å²) >= 11 is 0. The third-order valence-corrected chi connectivity index (χ3v) is 4.91. The predicted octanol–water partition coefficient (Wildman–Crippen LogP) is 5.35. The second kappa shape index (κ2) is 9.22. The monoisotopic (exact) mass is 411 g/mol. The van der Waals surface area contributed by atoms with Crippen LogP contribution in [0.1, 0.15) is 11.1 Å². The van der Waals surface area contributed by atoms with Crippen LogP contribution in [0.4, 0.5) is 4.39 Å². The average Bonchev–Trinajstić information content (AvgIpc) is 3.22. The summed E-state index contributed by atoms with van der Waals surface area (Å²) in [5.41, 5.74) is 4.35. The molecule has 0 saturated heterocycles. The summed E-state index contributed by atoms with van der Waals surface area (Å²) in [6, 6.07) is 25.9. The second-order valence-electron chi connectivity index (χ2n) is 7.23. The highest BCUT2D eigenvalue weighted by Gasteiger charge is 2.15. The Balaban J connectivity index is 1.59. The van der Waals surface area contributed by atoms with Gasteiger partial charge in [-0.2, -0.15) is 5.10 Å². The lowest BCUT2D eigenvalue weighted by atomic mass is 10.1. The van der Waals surface area contributed by atoms with Crippen LogP contribution in [0.5, 0.6) is 0 Å². The van der Waals surface area contributed by atoms with Gasteiger partial charge >= 0.3 is 0 Å². The van der Waals surface area contributed by atoms with E-state index in [1.54, 1.807) is 30.2 Å². The van der Waals surface area contributed by atoms with E-state index < -0.39 is 0 Å². The summed E-state index contributed by atoms with van der Waals surface area (Å²) in [4.78, 5) is 14.3. The van der Waals surface area contributed by atoms with Crippen molar-refractivity contribution in [3.05, 3.63) is 114 Å². The van der Waals surface area contributed by atoms with Crippen LogP contribution in [0.15, 0.2) is 97.2 Å². The number of likely N-dealkylation sites (N-methyl/N-ethyl adjacent to an activating group) is 1. The smallest absolute Gasteiger partial charge is 0.246 e. The van der Waals surface area contributed by atoms with Crippen molar-refractivity contribution in [3.63, 3.8) is 0 Å². The van der Waals surface area contributed by atoms with Crippen molar-refractivity contribution in [1.29, 1.82) is 0 Å². The van der Waals surface area contributed by atoms with Gasteiger partial charge in [-0.25, -0.2) is 9.07 Å².